The Hall–Kier alpha value is -1.40. The number of hydrogen-bond donors (Lipinski definition) is 0. The van der Waals surface area contributed by atoms with Crippen LogP contribution in [0.5, 0.6) is 0 Å². The summed E-state index contributed by atoms with van der Waals surface area (Å²) in [7, 11) is -3.51. The van der Waals surface area contributed by atoms with Crippen LogP contribution in [0.1, 0.15) is 69.2 Å². The Morgan fingerprint density at radius 1 is 0.931 bits per heavy atom. The number of piperidine rings is 2. The van der Waals surface area contributed by atoms with Crippen LogP contribution in [0.15, 0.2) is 29.2 Å². The minimum absolute atomic E-state index is 0.0609. The Balaban J connectivity index is 1.50. The maximum Gasteiger partial charge on any atom is 0.254 e. The highest BCUT2D eigenvalue weighted by Crippen LogP contribution is 2.36. The van der Waals surface area contributed by atoms with E-state index in [0.717, 1.165) is 25.8 Å². The Bertz CT molecular complexity index is 824. The van der Waals surface area contributed by atoms with E-state index in [1.165, 1.54) is 25.7 Å². The zero-order chi connectivity index (χ0) is 20.6. The van der Waals surface area contributed by atoms with E-state index in [9.17, 15) is 13.2 Å². The molecule has 4 rings (SSSR count). The lowest BCUT2D eigenvalue weighted by Gasteiger charge is -2.44. The van der Waals surface area contributed by atoms with Crippen LogP contribution in [0.25, 0.3) is 0 Å². The van der Waals surface area contributed by atoms with Gasteiger partial charge in [-0.1, -0.05) is 26.7 Å². The summed E-state index contributed by atoms with van der Waals surface area (Å²) < 4.78 is 27.8. The lowest BCUT2D eigenvalue weighted by molar-refractivity contribution is 0.0390. The molecule has 1 aromatic carbocycles. The van der Waals surface area contributed by atoms with Crippen LogP contribution in [0.2, 0.25) is 0 Å². The summed E-state index contributed by atoms with van der Waals surface area (Å²) in [6.45, 7) is 6.19. The topological polar surface area (TPSA) is 57.7 Å². The van der Waals surface area contributed by atoms with Crippen molar-refractivity contribution in [3.8, 4) is 0 Å². The van der Waals surface area contributed by atoms with Crippen LogP contribution < -0.4 is 0 Å². The maximum atomic E-state index is 13.2. The highest BCUT2D eigenvalue weighted by Gasteiger charge is 2.36. The molecule has 1 amide bonds. The lowest BCUT2D eigenvalue weighted by Crippen LogP contribution is -2.49. The Morgan fingerprint density at radius 3 is 2.24 bits per heavy atom. The molecule has 1 aliphatic carbocycles. The molecule has 4 unspecified atom stereocenters. The fourth-order valence-electron chi connectivity index (χ4n) is 5.76. The minimum atomic E-state index is -3.51. The summed E-state index contributed by atoms with van der Waals surface area (Å²) in [4.78, 5) is 15.5. The third kappa shape index (κ3) is 4.24. The van der Waals surface area contributed by atoms with Gasteiger partial charge in [-0.3, -0.25) is 4.79 Å². The van der Waals surface area contributed by atoms with Crippen LogP contribution in [0.4, 0.5) is 0 Å². The van der Waals surface area contributed by atoms with Crippen molar-refractivity contribution >= 4 is 15.9 Å². The van der Waals surface area contributed by atoms with Crippen LogP contribution in [-0.2, 0) is 10.0 Å². The first-order valence-electron chi connectivity index (χ1n) is 11.3. The van der Waals surface area contributed by atoms with Crippen molar-refractivity contribution in [1.29, 1.82) is 0 Å². The summed E-state index contributed by atoms with van der Waals surface area (Å²) >= 11 is 0. The van der Waals surface area contributed by atoms with Crippen molar-refractivity contribution in [2.75, 3.05) is 19.6 Å². The van der Waals surface area contributed by atoms with Gasteiger partial charge in [-0.25, -0.2) is 8.42 Å². The highest BCUT2D eigenvalue weighted by atomic mass is 32.2. The van der Waals surface area contributed by atoms with Gasteiger partial charge < -0.3 is 4.90 Å². The number of carbonyl (C=O) groups is 1. The molecule has 4 atom stereocenters. The molecular formula is C23H34N2O3S. The summed E-state index contributed by atoms with van der Waals surface area (Å²) in [5.74, 6) is 1.45. The van der Waals surface area contributed by atoms with Gasteiger partial charge in [0.25, 0.3) is 5.91 Å². The second kappa shape index (κ2) is 8.38. The number of sulfonamides is 1. The largest absolute Gasteiger partial charge is 0.335 e. The van der Waals surface area contributed by atoms with E-state index in [2.05, 4.69) is 18.7 Å². The predicted octanol–water partition coefficient (Wildman–Crippen LogP) is 4.15. The molecule has 1 saturated carbocycles. The number of nitrogens with zero attached hydrogens (tertiary/aromatic N) is 2. The molecule has 2 heterocycles. The molecule has 5 nitrogen and oxygen atoms in total. The van der Waals surface area contributed by atoms with Crippen molar-refractivity contribution < 1.29 is 13.2 Å². The van der Waals surface area contributed by atoms with Gasteiger partial charge in [-0.05, 0) is 74.1 Å². The molecule has 29 heavy (non-hydrogen) atoms. The number of likely N-dealkylation sites (tertiary alicyclic amines) is 1. The van der Waals surface area contributed by atoms with Gasteiger partial charge >= 0.3 is 0 Å². The second-order valence-corrected chi connectivity index (χ2v) is 11.5. The molecule has 0 radical (unpaired) electrons. The summed E-state index contributed by atoms with van der Waals surface area (Å²) in [6, 6.07) is 7.02. The van der Waals surface area contributed by atoms with Crippen molar-refractivity contribution in [3.05, 3.63) is 29.8 Å². The van der Waals surface area contributed by atoms with Crippen LogP contribution in [-0.4, -0.2) is 49.2 Å². The third-order valence-electron chi connectivity index (χ3n) is 7.08. The monoisotopic (exact) mass is 418 g/mol. The molecule has 2 saturated heterocycles. The van der Waals surface area contributed by atoms with Gasteiger partial charge in [-0.15, -0.1) is 0 Å². The van der Waals surface area contributed by atoms with Crippen molar-refractivity contribution in [2.45, 2.75) is 69.7 Å². The molecule has 6 heteroatoms. The molecule has 1 aromatic rings. The Morgan fingerprint density at radius 2 is 1.55 bits per heavy atom. The van der Waals surface area contributed by atoms with Gasteiger partial charge in [0.15, 0.2) is 0 Å². The van der Waals surface area contributed by atoms with Crippen molar-refractivity contribution in [3.63, 3.8) is 0 Å². The van der Waals surface area contributed by atoms with Gasteiger partial charge in [-0.2, -0.15) is 4.31 Å². The average Bonchev–Trinajstić information content (AvgIpc) is 2.72. The van der Waals surface area contributed by atoms with E-state index < -0.39 is 10.0 Å². The number of rotatable bonds is 3. The minimum Gasteiger partial charge on any atom is -0.335 e. The fourth-order valence-corrected chi connectivity index (χ4v) is 7.44. The van der Waals surface area contributed by atoms with Gasteiger partial charge in [0.1, 0.15) is 0 Å². The van der Waals surface area contributed by atoms with E-state index in [4.69, 9.17) is 0 Å². The molecule has 0 aromatic heterocycles. The first-order valence-corrected chi connectivity index (χ1v) is 12.7. The SMILES string of the molecule is CC1CC(C)CN(S(=O)(=O)c2ccc(C(=O)N3CCCC4CCCCC43)cc2)C1. The lowest BCUT2D eigenvalue weighted by atomic mass is 9.78. The molecule has 3 fully saturated rings. The van der Waals surface area contributed by atoms with E-state index >= 15 is 0 Å². The third-order valence-corrected chi connectivity index (χ3v) is 8.92. The zero-order valence-corrected chi connectivity index (χ0v) is 18.5. The summed E-state index contributed by atoms with van der Waals surface area (Å²) in [6.07, 6.45) is 8.20. The number of hydrogen-bond acceptors (Lipinski definition) is 3. The standard InChI is InChI=1S/C23H34N2O3S/c1-17-14-18(2)16-24(15-17)29(27,28)21-11-9-20(10-12-21)23(26)25-13-5-7-19-6-3-4-8-22(19)25/h9-12,17-19,22H,3-8,13-16H2,1-2H3. The van der Waals surface area contributed by atoms with Crippen LogP contribution in [0.3, 0.4) is 0 Å². The van der Waals surface area contributed by atoms with E-state index in [1.807, 2.05) is 0 Å². The quantitative estimate of drug-likeness (QED) is 0.741. The average molecular weight is 419 g/mol. The van der Waals surface area contributed by atoms with Crippen molar-refractivity contribution in [1.82, 2.24) is 9.21 Å². The zero-order valence-electron chi connectivity index (χ0n) is 17.7. The number of fused-ring (bicyclic) bond motifs is 1. The first-order chi connectivity index (χ1) is 13.9. The Kier molecular flexibility index (Phi) is 6.03. The van der Waals surface area contributed by atoms with E-state index in [-0.39, 0.29) is 5.91 Å². The first kappa shape index (κ1) is 20.9. The number of carbonyl (C=O) groups excluding carboxylic acids is 1. The Labute approximate surface area is 175 Å². The van der Waals surface area contributed by atoms with Gasteiger partial charge in [0.2, 0.25) is 10.0 Å². The van der Waals surface area contributed by atoms with Crippen molar-refractivity contribution in [2.24, 2.45) is 17.8 Å². The molecule has 3 aliphatic rings. The predicted molar refractivity (Wildman–Crippen MR) is 114 cm³/mol. The number of amides is 1. The number of benzene rings is 1. The van der Waals surface area contributed by atoms with E-state index in [0.29, 0.717) is 47.3 Å². The molecular weight excluding hydrogens is 384 g/mol. The molecule has 0 N–H and O–H groups in total. The molecule has 0 spiro atoms. The molecule has 160 valence electrons. The van der Waals surface area contributed by atoms with Gasteiger partial charge in [0.05, 0.1) is 4.90 Å². The highest BCUT2D eigenvalue weighted by molar-refractivity contribution is 7.89. The normalized spacial score (nSPS) is 31.3. The van der Waals surface area contributed by atoms with Gasteiger partial charge in [0, 0.05) is 31.2 Å². The maximum absolute atomic E-state index is 13.2. The molecule has 2 aliphatic heterocycles. The molecule has 0 bridgehead atoms. The van der Waals surface area contributed by atoms with Crippen LogP contribution >= 0.6 is 0 Å². The fraction of sp³-hybridized carbons (Fsp3) is 0.696. The second-order valence-electron chi connectivity index (χ2n) is 9.55. The van der Waals surface area contributed by atoms with Crippen LogP contribution in [0, 0.1) is 17.8 Å². The summed E-state index contributed by atoms with van der Waals surface area (Å²) in [5.41, 5.74) is 0.607. The summed E-state index contributed by atoms with van der Waals surface area (Å²) in [5, 5.41) is 0. The smallest absolute Gasteiger partial charge is 0.254 e. The van der Waals surface area contributed by atoms with E-state index in [1.54, 1.807) is 28.6 Å².